The number of halogens is 4. The molecular weight excluding hydrogens is 281 g/mol. The second kappa shape index (κ2) is 5.27. The van der Waals surface area contributed by atoms with E-state index in [4.69, 9.17) is 11.6 Å². The van der Waals surface area contributed by atoms with E-state index in [-0.39, 0.29) is 10.8 Å². The van der Waals surface area contributed by atoms with Gasteiger partial charge in [0.25, 0.3) is 5.91 Å². The van der Waals surface area contributed by atoms with Gasteiger partial charge in [-0.15, -0.1) is 0 Å². The monoisotopic (exact) mass is 286 g/mol. The normalized spacial score (nSPS) is 10.3. The van der Waals surface area contributed by atoms with Gasteiger partial charge in [0.2, 0.25) is 0 Å². The number of pyridine rings is 1. The van der Waals surface area contributed by atoms with Gasteiger partial charge in [0.1, 0.15) is 16.7 Å². The molecule has 0 saturated carbocycles. The van der Waals surface area contributed by atoms with Crippen molar-refractivity contribution in [3.63, 3.8) is 0 Å². The number of nitrogens with zero attached hydrogens (tertiary/aromatic N) is 1. The molecule has 0 unspecified atom stereocenters. The smallest absolute Gasteiger partial charge is 0.274 e. The van der Waals surface area contributed by atoms with E-state index in [0.29, 0.717) is 12.1 Å². The molecule has 1 aromatic heterocycles. The van der Waals surface area contributed by atoms with Crippen LogP contribution in [0.3, 0.4) is 0 Å². The van der Waals surface area contributed by atoms with Crippen LogP contribution in [-0.4, -0.2) is 10.9 Å². The standard InChI is InChI=1S/C12H6ClF3N2O/c13-10-3-1-2-8(17-10)12(19)18-9-5-6(14)4-7(15)11(9)16/h1-5H,(H,18,19). The first-order valence-electron chi connectivity index (χ1n) is 5.06. The zero-order valence-electron chi connectivity index (χ0n) is 9.25. The summed E-state index contributed by atoms with van der Waals surface area (Å²) in [6.07, 6.45) is 0. The lowest BCUT2D eigenvalue weighted by atomic mass is 10.2. The van der Waals surface area contributed by atoms with Crippen LogP contribution in [-0.2, 0) is 0 Å². The number of carbonyl (C=O) groups excluding carboxylic acids is 1. The van der Waals surface area contributed by atoms with Crippen molar-refractivity contribution in [2.45, 2.75) is 0 Å². The number of amides is 1. The lowest BCUT2D eigenvalue weighted by Crippen LogP contribution is -2.15. The van der Waals surface area contributed by atoms with Gasteiger partial charge in [0, 0.05) is 12.1 Å². The van der Waals surface area contributed by atoms with Crippen LogP contribution in [0.15, 0.2) is 30.3 Å². The summed E-state index contributed by atoms with van der Waals surface area (Å²) in [6.45, 7) is 0. The van der Waals surface area contributed by atoms with Gasteiger partial charge in [0.15, 0.2) is 11.6 Å². The Labute approximate surface area is 111 Å². The van der Waals surface area contributed by atoms with Crippen molar-refractivity contribution in [1.82, 2.24) is 4.98 Å². The molecule has 0 bridgehead atoms. The molecular formula is C12H6ClF3N2O. The highest BCUT2D eigenvalue weighted by Gasteiger charge is 2.15. The minimum Gasteiger partial charge on any atom is -0.318 e. The Morgan fingerprint density at radius 3 is 2.63 bits per heavy atom. The molecule has 1 aromatic carbocycles. The molecule has 2 aromatic rings. The number of benzene rings is 1. The van der Waals surface area contributed by atoms with Crippen LogP contribution in [0.25, 0.3) is 0 Å². The molecule has 0 aliphatic rings. The average Bonchev–Trinajstić information content (AvgIpc) is 2.35. The largest absolute Gasteiger partial charge is 0.318 e. The average molecular weight is 287 g/mol. The molecule has 2 rings (SSSR count). The molecule has 1 heterocycles. The summed E-state index contributed by atoms with van der Waals surface area (Å²) in [4.78, 5) is 15.4. The third-order valence-corrected chi connectivity index (χ3v) is 2.40. The van der Waals surface area contributed by atoms with Gasteiger partial charge in [0.05, 0.1) is 5.69 Å². The molecule has 0 radical (unpaired) electrons. The number of anilines is 1. The van der Waals surface area contributed by atoms with Crippen LogP contribution in [0.2, 0.25) is 5.15 Å². The minimum atomic E-state index is -1.39. The maximum Gasteiger partial charge on any atom is 0.274 e. The van der Waals surface area contributed by atoms with Gasteiger partial charge >= 0.3 is 0 Å². The first kappa shape index (κ1) is 13.4. The van der Waals surface area contributed by atoms with Crippen molar-refractivity contribution in [3.05, 3.63) is 58.6 Å². The number of carbonyl (C=O) groups is 1. The molecule has 3 nitrogen and oxygen atoms in total. The summed E-state index contributed by atoms with van der Waals surface area (Å²) in [7, 11) is 0. The fraction of sp³-hybridized carbons (Fsp3) is 0. The summed E-state index contributed by atoms with van der Waals surface area (Å²) in [5, 5.41) is 2.09. The zero-order chi connectivity index (χ0) is 14.0. The minimum absolute atomic E-state index is 0.0681. The second-order valence-electron chi connectivity index (χ2n) is 3.55. The Kier molecular flexibility index (Phi) is 3.71. The lowest BCUT2D eigenvalue weighted by Gasteiger charge is -2.07. The van der Waals surface area contributed by atoms with Crippen LogP contribution >= 0.6 is 11.6 Å². The quantitative estimate of drug-likeness (QED) is 0.679. The van der Waals surface area contributed by atoms with Crippen molar-refractivity contribution < 1.29 is 18.0 Å². The second-order valence-corrected chi connectivity index (χ2v) is 3.94. The SMILES string of the molecule is O=C(Nc1cc(F)cc(F)c1F)c1cccc(Cl)n1. The van der Waals surface area contributed by atoms with Crippen LogP contribution in [0.5, 0.6) is 0 Å². The van der Waals surface area contributed by atoms with Crippen molar-refractivity contribution in [2.24, 2.45) is 0 Å². The summed E-state index contributed by atoms with van der Waals surface area (Å²) < 4.78 is 39.2. The number of hydrogen-bond acceptors (Lipinski definition) is 2. The van der Waals surface area contributed by atoms with E-state index in [1.807, 2.05) is 5.32 Å². The first-order chi connectivity index (χ1) is 8.97. The van der Waals surface area contributed by atoms with Crippen molar-refractivity contribution >= 4 is 23.2 Å². The van der Waals surface area contributed by atoms with Gasteiger partial charge in [-0.2, -0.15) is 0 Å². The van der Waals surface area contributed by atoms with Gasteiger partial charge in [-0.1, -0.05) is 17.7 Å². The summed E-state index contributed by atoms with van der Waals surface area (Å²) >= 11 is 5.59. The Morgan fingerprint density at radius 2 is 1.95 bits per heavy atom. The van der Waals surface area contributed by atoms with E-state index >= 15 is 0 Å². The number of hydrogen-bond donors (Lipinski definition) is 1. The maximum atomic E-state index is 13.3. The van der Waals surface area contributed by atoms with E-state index in [9.17, 15) is 18.0 Å². The van der Waals surface area contributed by atoms with E-state index in [0.717, 1.165) is 0 Å². The zero-order valence-corrected chi connectivity index (χ0v) is 10.0. The van der Waals surface area contributed by atoms with E-state index in [1.165, 1.54) is 18.2 Å². The van der Waals surface area contributed by atoms with E-state index < -0.39 is 29.0 Å². The van der Waals surface area contributed by atoms with Crippen LogP contribution in [0.4, 0.5) is 18.9 Å². The molecule has 0 atom stereocenters. The first-order valence-corrected chi connectivity index (χ1v) is 5.43. The predicted octanol–water partition coefficient (Wildman–Crippen LogP) is 3.40. The molecule has 0 fully saturated rings. The highest BCUT2D eigenvalue weighted by molar-refractivity contribution is 6.29. The molecule has 0 aliphatic carbocycles. The molecule has 1 amide bonds. The van der Waals surface area contributed by atoms with Crippen molar-refractivity contribution in [3.8, 4) is 0 Å². The number of rotatable bonds is 2. The van der Waals surface area contributed by atoms with Gasteiger partial charge < -0.3 is 5.32 Å². The lowest BCUT2D eigenvalue weighted by molar-refractivity contribution is 0.102. The van der Waals surface area contributed by atoms with E-state index in [1.54, 1.807) is 0 Å². The Bertz CT molecular complexity index is 649. The van der Waals surface area contributed by atoms with Crippen molar-refractivity contribution in [1.29, 1.82) is 0 Å². The molecule has 0 spiro atoms. The molecule has 7 heteroatoms. The molecule has 0 aliphatic heterocycles. The molecule has 1 N–H and O–H groups in total. The number of nitrogens with one attached hydrogen (secondary N) is 1. The highest BCUT2D eigenvalue weighted by atomic mass is 35.5. The van der Waals surface area contributed by atoms with Crippen LogP contribution in [0.1, 0.15) is 10.5 Å². The predicted molar refractivity (Wildman–Crippen MR) is 63.5 cm³/mol. The highest BCUT2D eigenvalue weighted by Crippen LogP contribution is 2.19. The Morgan fingerprint density at radius 1 is 1.21 bits per heavy atom. The van der Waals surface area contributed by atoms with Crippen LogP contribution < -0.4 is 5.32 Å². The van der Waals surface area contributed by atoms with Gasteiger partial charge in [-0.05, 0) is 12.1 Å². The fourth-order valence-electron chi connectivity index (χ4n) is 1.37. The third kappa shape index (κ3) is 3.03. The third-order valence-electron chi connectivity index (χ3n) is 2.19. The van der Waals surface area contributed by atoms with E-state index in [2.05, 4.69) is 4.98 Å². The molecule has 98 valence electrons. The summed E-state index contributed by atoms with van der Waals surface area (Å²) in [6, 6.07) is 5.28. The van der Waals surface area contributed by atoms with Crippen LogP contribution in [0, 0.1) is 17.5 Å². The summed E-state index contributed by atoms with van der Waals surface area (Å²) in [5.74, 6) is -4.58. The van der Waals surface area contributed by atoms with Gasteiger partial charge in [-0.3, -0.25) is 4.79 Å². The van der Waals surface area contributed by atoms with Gasteiger partial charge in [-0.25, -0.2) is 18.2 Å². The Balaban J connectivity index is 2.29. The fourth-order valence-corrected chi connectivity index (χ4v) is 1.53. The summed E-state index contributed by atoms with van der Waals surface area (Å²) in [5.41, 5.74) is -0.708. The Hall–Kier alpha value is -2.08. The topological polar surface area (TPSA) is 42.0 Å². The molecule has 19 heavy (non-hydrogen) atoms. The van der Waals surface area contributed by atoms with Crippen molar-refractivity contribution in [2.75, 3.05) is 5.32 Å². The maximum absolute atomic E-state index is 13.3. The molecule has 0 saturated heterocycles. The number of aromatic nitrogens is 1.